The fraction of sp³-hybridized carbons (Fsp3) is 0.562. The Bertz CT molecular complexity index is 391. The molecule has 0 aliphatic rings. The van der Waals surface area contributed by atoms with E-state index in [1.54, 1.807) is 0 Å². The van der Waals surface area contributed by atoms with Gasteiger partial charge in [-0.05, 0) is 23.1 Å². The average molecular weight is 249 g/mol. The summed E-state index contributed by atoms with van der Waals surface area (Å²) in [6.45, 7) is 12.3. The molecule has 0 saturated carbocycles. The van der Waals surface area contributed by atoms with E-state index < -0.39 is 0 Å². The fourth-order valence-electron chi connectivity index (χ4n) is 1.37. The summed E-state index contributed by atoms with van der Waals surface area (Å²) < 4.78 is 0. The van der Waals surface area contributed by atoms with E-state index in [2.05, 4.69) is 38.2 Å². The lowest BCUT2D eigenvalue weighted by molar-refractivity contribution is -0.123. The number of amides is 1. The Morgan fingerprint density at radius 2 is 1.39 bits per heavy atom. The van der Waals surface area contributed by atoms with Crippen LogP contribution in [-0.2, 0) is 10.2 Å². The van der Waals surface area contributed by atoms with E-state index in [1.165, 1.54) is 5.56 Å². The summed E-state index contributed by atoms with van der Waals surface area (Å²) in [5.74, 6) is 0.0426. The summed E-state index contributed by atoms with van der Waals surface area (Å²) in [5.41, 5.74) is 1.92. The fourth-order valence-corrected chi connectivity index (χ4v) is 1.37. The third-order valence-electron chi connectivity index (χ3n) is 2.69. The Hall–Kier alpha value is -1.31. The van der Waals surface area contributed by atoms with Gasteiger partial charge in [-0.2, -0.15) is 0 Å². The van der Waals surface area contributed by atoms with Gasteiger partial charge in [0.2, 0.25) is 5.91 Å². The van der Waals surface area contributed by atoms with Crippen molar-refractivity contribution in [2.45, 2.75) is 54.4 Å². The van der Waals surface area contributed by atoms with Crippen LogP contribution in [0.25, 0.3) is 0 Å². The van der Waals surface area contributed by atoms with E-state index in [4.69, 9.17) is 0 Å². The summed E-state index contributed by atoms with van der Waals surface area (Å²) in [6.07, 6.45) is 0. The van der Waals surface area contributed by atoms with Crippen molar-refractivity contribution < 1.29 is 4.79 Å². The Labute approximate surface area is 112 Å². The SMILES string of the molecule is C.CC(C)(C)C(=O)Nc1ccc(C(C)(C)C)cc1. The number of hydrogen-bond acceptors (Lipinski definition) is 1. The molecule has 1 aromatic carbocycles. The van der Waals surface area contributed by atoms with Gasteiger partial charge in [-0.25, -0.2) is 0 Å². The molecule has 18 heavy (non-hydrogen) atoms. The molecule has 0 radical (unpaired) electrons. The Balaban J connectivity index is 0.00000289. The second-order valence-electron chi connectivity index (χ2n) is 6.53. The van der Waals surface area contributed by atoms with Gasteiger partial charge >= 0.3 is 0 Å². The quantitative estimate of drug-likeness (QED) is 0.774. The lowest BCUT2D eigenvalue weighted by Crippen LogP contribution is -2.27. The number of benzene rings is 1. The number of rotatable bonds is 1. The zero-order valence-corrected chi connectivity index (χ0v) is 11.7. The van der Waals surface area contributed by atoms with Gasteiger partial charge in [0.1, 0.15) is 0 Å². The molecule has 0 fully saturated rings. The van der Waals surface area contributed by atoms with Gasteiger partial charge in [-0.3, -0.25) is 4.79 Å². The first-order valence-corrected chi connectivity index (χ1v) is 6.03. The van der Waals surface area contributed by atoms with Crippen LogP contribution in [-0.4, -0.2) is 5.91 Å². The molecule has 0 aromatic heterocycles. The Morgan fingerprint density at radius 1 is 0.944 bits per heavy atom. The largest absolute Gasteiger partial charge is 0.326 e. The molecule has 0 bridgehead atoms. The first-order chi connectivity index (χ1) is 7.60. The second-order valence-corrected chi connectivity index (χ2v) is 6.53. The van der Waals surface area contributed by atoms with E-state index in [0.29, 0.717) is 0 Å². The van der Waals surface area contributed by atoms with E-state index in [9.17, 15) is 4.79 Å². The predicted octanol–water partition coefficient (Wildman–Crippen LogP) is 4.60. The standard InChI is InChI=1S/C15H23NO.CH4/c1-14(2,3)11-7-9-12(10-8-11)16-13(17)15(4,5)6;/h7-10H,1-6H3,(H,16,17);1H4. The summed E-state index contributed by atoms with van der Waals surface area (Å²) in [6, 6.07) is 8.06. The number of anilines is 1. The summed E-state index contributed by atoms with van der Waals surface area (Å²) >= 11 is 0. The smallest absolute Gasteiger partial charge is 0.229 e. The molecule has 0 aliphatic heterocycles. The highest BCUT2D eigenvalue weighted by Gasteiger charge is 2.21. The highest BCUT2D eigenvalue weighted by atomic mass is 16.2. The van der Waals surface area contributed by atoms with Crippen molar-refractivity contribution in [3.05, 3.63) is 29.8 Å². The molecule has 2 nitrogen and oxygen atoms in total. The topological polar surface area (TPSA) is 29.1 Å². The first kappa shape index (κ1) is 16.7. The van der Waals surface area contributed by atoms with Crippen molar-refractivity contribution in [2.75, 3.05) is 5.32 Å². The van der Waals surface area contributed by atoms with Gasteiger partial charge in [-0.1, -0.05) is 61.1 Å². The first-order valence-electron chi connectivity index (χ1n) is 6.03. The maximum Gasteiger partial charge on any atom is 0.229 e. The van der Waals surface area contributed by atoms with E-state index in [1.807, 2.05) is 32.9 Å². The van der Waals surface area contributed by atoms with Crippen LogP contribution in [0.2, 0.25) is 0 Å². The molecule has 0 heterocycles. The normalized spacial score (nSPS) is 11.7. The van der Waals surface area contributed by atoms with Crippen LogP contribution in [0, 0.1) is 5.41 Å². The van der Waals surface area contributed by atoms with Gasteiger partial charge < -0.3 is 5.32 Å². The van der Waals surface area contributed by atoms with Crippen molar-refractivity contribution in [3.63, 3.8) is 0 Å². The van der Waals surface area contributed by atoms with Gasteiger partial charge in [0.25, 0.3) is 0 Å². The minimum atomic E-state index is -0.358. The molecule has 2 heteroatoms. The van der Waals surface area contributed by atoms with Gasteiger partial charge in [0, 0.05) is 11.1 Å². The predicted molar refractivity (Wildman–Crippen MR) is 80.0 cm³/mol. The molecule has 1 aromatic rings. The molecular weight excluding hydrogens is 222 g/mol. The second kappa shape index (κ2) is 5.55. The minimum absolute atomic E-state index is 0. The number of carbonyl (C=O) groups is 1. The highest BCUT2D eigenvalue weighted by Crippen LogP contribution is 2.24. The average Bonchev–Trinajstić information content (AvgIpc) is 2.15. The third kappa shape index (κ3) is 4.52. The highest BCUT2D eigenvalue weighted by molar-refractivity contribution is 5.94. The molecule has 1 amide bonds. The molecule has 1 N–H and O–H groups in total. The van der Waals surface area contributed by atoms with E-state index >= 15 is 0 Å². The minimum Gasteiger partial charge on any atom is -0.326 e. The Morgan fingerprint density at radius 3 is 1.72 bits per heavy atom. The van der Waals surface area contributed by atoms with Crippen molar-refractivity contribution in [1.29, 1.82) is 0 Å². The molecule has 1 rings (SSSR count). The van der Waals surface area contributed by atoms with Crippen molar-refractivity contribution in [1.82, 2.24) is 0 Å². The van der Waals surface area contributed by atoms with Crippen LogP contribution in [0.1, 0.15) is 54.5 Å². The monoisotopic (exact) mass is 249 g/mol. The summed E-state index contributed by atoms with van der Waals surface area (Å²) in [5, 5.41) is 2.92. The third-order valence-corrected chi connectivity index (χ3v) is 2.69. The maximum absolute atomic E-state index is 11.8. The summed E-state index contributed by atoms with van der Waals surface area (Å²) in [4.78, 5) is 11.8. The van der Waals surface area contributed by atoms with E-state index in [0.717, 1.165) is 5.69 Å². The van der Waals surface area contributed by atoms with Crippen molar-refractivity contribution in [3.8, 4) is 0 Å². The van der Waals surface area contributed by atoms with Crippen LogP contribution >= 0.6 is 0 Å². The molecular formula is C16H27NO. The Kier molecular flexibility index (Phi) is 5.15. The molecule has 0 atom stereocenters. The van der Waals surface area contributed by atoms with Crippen LogP contribution in [0.4, 0.5) is 5.69 Å². The van der Waals surface area contributed by atoms with Gasteiger partial charge in [-0.15, -0.1) is 0 Å². The number of nitrogens with one attached hydrogen (secondary N) is 1. The van der Waals surface area contributed by atoms with Crippen LogP contribution in [0.5, 0.6) is 0 Å². The van der Waals surface area contributed by atoms with Crippen molar-refractivity contribution in [2.24, 2.45) is 5.41 Å². The number of hydrogen-bond donors (Lipinski definition) is 1. The van der Waals surface area contributed by atoms with E-state index in [-0.39, 0.29) is 24.2 Å². The zero-order valence-electron chi connectivity index (χ0n) is 11.7. The van der Waals surface area contributed by atoms with Crippen LogP contribution in [0.15, 0.2) is 24.3 Å². The van der Waals surface area contributed by atoms with Crippen molar-refractivity contribution >= 4 is 11.6 Å². The number of carbonyl (C=O) groups excluding carboxylic acids is 1. The van der Waals surface area contributed by atoms with Gasteiger partial charge in [0.05, 0.1) is 0 Å². The molecule has 0 saturated heterocycles. The molecule has 0 spiro atoms. The van der Waals surface area contributed by atoms with Gasteiger partial charge in [0.15, 0.2) is 0 Å². The molecule has 0 unspecified atom stereocenters. The lowest BCUT2D eigenvalue weighted by Gasteiger charge is -2.20. The lowest BCUT2D eigenvalue weighted by atomic mass is 9.87. The zero-order chi connectivity index (χ0) is 13.3. The molecule has 0 aliphatic carbocycles. The maximum atomic E-state index is 11.8. The summed E-state index contributed by atoms with van der Waals surface area (Å²) in [7, 11) is 0. The van der Waals surface area contributed by atoms with Crippen LogP contribution in [0.3, 0.4) is 0 Å². The molecule has 102 valence electrons. The van der Waals surface area contributed by atoms with Crippen LogP contribution < -0.4 is 5.32 Å².